The molecule has 0 aromatic rings. The second-order valence-electron chi connectivity index (χ2n) is 5.38. The van der Waals surface area contributed by atoms with Crippen molar-refractivity contribution in [2.45, 2.75) is 54.4 Å². The largest absolute Gasteiger partial charge is 0.456 e. The molecule has 0 heterocycles. The minimum atomic E-state index is -0.457. The third-order valence-electron chi connectivity index (χ3n) is 2.02. The van der Waals surface area contributed by atoms with E-state index in [1.165, 1.54) is 5.57 Å². The highest BCUT2D eigenvalue weighted by atomic mass is 16.5. The molecule has 0 aliphatic rings. The molecule has 0 bridgehead atoms. The maximum absolute atomic E-state index is 10.8. The topological polar surface area (TPSA) is 26.3 Å². The molecule has 2 heteroatoms. The molecule has 0 N–H and O–H groups in total. The van der Waals surface area contributed by atoms with Gasteiger partial charge in [0.15, 0.2) is 0 Å². The van der Waals surface area contributed by atoms with Gasteiger partial charge in [-0.3, -0.25) is 0 Å². The van der Waals surface area contributed by atoms with Crippen LogP contribution in [0.3, 0.4) is 0 Å². The third kappa shape index (κ3) is 18.7. The number of ether oxygens (including phenoxy) is 1. The second-order valence-corrected chi connectivity index (χ2v) is 5.38. The summed E-state index contributed by atoms with van der Waals surface area (Å²) in [5.74, 6) is 8.48. The zero-order valence-electron chi connectivity index (χ0n) is 13.7. The van der Waals surface area contributed by atoms with E-state index >= 15 is 0 Å². The van der Waals surface area contributed by atoms with Crippen LogP contribution in [0, 0.1) is 36.0 Å². The molecular formula is C18H28O2. The van der Waals surface area contributed by atoms with Crippen molar-refractivity contribution in [2.24, 2.45) is 11.8 Å². The highest BCUT2D eigenvalue weighted by Gasteiger charge is 1.94. The van der Waals surface area contributed by atoms with Crippen LogP contribution in [0.4, 0.5) is 0 Å². The van der Waals surface area contributed by atoms with Crippen molar-refractivity contribution in [3.63, 3.8) is 0 Å². The van der Waals surface area contributed by atoms with Crippen molar-refractivity contribution in [3.8, 4) is 24.2 Å². The number of hydrogen-bond donors (Lipinski definition) is 0. The molecule has 0 aliphatic carbocycles. The fraction of sp³-hybridized carbons (Fsp3) is 0.611. The Balaban J connectivity index is 0. The van der Waals surface area contributed by atoms with Gasteiger partial charge in [0.2, 0.25) is 0 Å². The van der Waals surface area contributed by atoms with Crippen molar-refractivity contribution in [1.29, 1.82) is 0 Å². The summed E-state index contributed by atoms with van der Waals surface area (Å²) in [4.78, 5) is 10.8. The minimum absolute atomic E-state index is 0.377. The molecule has 2 nitrogen and oxygen atoms in total. The number of allylic oxidation sites excluding steroid dienone is 2. The fourth-order valence-electron chi connectivity index (χ4n) is 1.32. The van der Waals surface area contributed by atoms with Gasteiger partial charge in [-0.1, -0.05) is 39.2 Å². The van der Waals surface area contributed by atoms with Gasteiger partial charge in [-0.05, 0) is 38.2 Å². The molecule has 0 aliphatic heterocycles. The standard InChI is InChI=1S/C12H18O2.C6H10/c1-5-14-12(13)8-6-7-11(4)9-10(2)3;1-4-5-6(2)3/h7,10H,5,9H2,1-4H3;1,6H,5H2,2-3H3/b11-7+;. The van der Waals surface area contributed by atoms with Gasteiger partial charge in [0.25, 0.3) is 0 Å². The summed E-state index contributed by atoms with van der Waals surface area (Å²) in [5.41, 5.74) is 1.19. The summed E-state index contributed by atoms with van der Waals surface area (Å²) in [7, 11) is 0. The number of rotatable bonds is 4. The lowest BCUT2D eigenvalue weighted by molar-refractivity contribution is -0.136. The molecule has 0 spiro atoms. The van der Waals surface area contributed by atoms with Crippen molar-refractivity contribution < 1.29 is 9.53 Å². The average Bonchev–Trinajstić information content (AvgIpc) is 2.28. The maximum Gasteiger partial charge on any atom is 0.384 e. The number of terminal acetylenes is 1. The predicted octanol–water partition coefficient (Wildman–Crippen LogP) is 4.21. The second kappa shape index (κ2) is 13.8. The Bertz CT molecular complexity index is 384. The molecule has 0 rings (SSSR count). The summed E-state index contributed by atoms with van der Waals surface area (Å²) in [6.45, 7) is 12.7. The number of hydrogen-bond acceptors (Lipinski definition) is 2. The monoisotopic (exact) mass is 276 g/mol. The lowest BCUT2D eigenvalue weighted by atomic mass is 10.0. The first kappa shape index (κ1) is 20.6. The molecule has 0 aromatic heterocycles. The molecule has 20 heavy (non-hydrogen) atoms. The molecule has 0 saturated carbocycles. The van der Waals surface area contributed by atoms with E-state index in [-0.39, 0.29) is 0 Å². The smallest absolute Gasteiger partial charge is 0.384 e. The number of carbonyl (C=O) groups is 1. The zero-order valence-corrected chi connectivity index (χ0v) is 13.7. The van der Waals surface area contributed by atoms with Crippen molar-refractivity contribution >= 4 is 5.97 Å². The highest BCUT2D eigenvalue weighted by molar-refractivity contribution is 5.88. The van der Waals surface area contributed by atoms with Crippen LogP contribution in [-0.2, 0) is 9.53 Å². The Kier molecular flexibility index (Phi) is 14.2. The number of carbonyl (C=O) groups excluding carboxylic acids is 1. The first-order valence-corrected chi connectivity index (χ1v) is 7.10. The van der Waals surface area contributed by atoms with Gasteiger partial charge in [-0.2, -0.15) is 0 Å². The Labute approximate surface area is 125 Å². The molecule has 0 saturated heterocycles. The fourth-order valence-corrected chi connectivity index (χ4v) is 1.32. The van der Waals surface area contributed by atoms with Gasteiger partial charge < -0.3 is 4.74 Å². The third-order valence-corrected chi connectivity index (χ3v) is 2.02. The van der Waals surface area contributed by atoms with Crippen LogP contribution < -0.4 is 0 Å². The van der Waals surface area contributed by atoms with E-state index in [1.54, 1.807) is 13.0 Å². The van der Waals surface area contributed by atoms with Crippen LogP contribution in [0.5, 0.6) is 0 Å². The quantitative estimate of drug-likeness (QED) is 0.437. The molecule has 112 valence electrons. The van der Waals surface area contributed by atoms with Crippen LogP contribution in [0.15, 0.2) is 11.6 Å². The Hall–Kier alpha value is -1.67. The molecule has 0 aromatic carbocycles. The van der Waals surface area contributed by atoms with Gasteiger partial charge in [-0.25, -0.2) is 4.79 Å². The Morgan fingerprint density at radius 2 is 1.85 bits per heavy atom. The summed E-state index contributed by atoms with van der Waals surface area (Å²) < 4.78 is 4.66. The maximum atomic E-state index is 10.8. The molecule has 0 fully saturated rings. The SMILES string of the molecule is C#CCC(C)C.CCOC(=O)C#C/C=C(\C)CC(C)C. The predicted molar refractivity (Wildman–Crippen MR) is 85.9 cm³/mol. The van der Waals surface area contributed by atoms with E-state index in [4.69, 9.17) is 6.42 Å². The minimum Gasteiger partial charge on any atom is -0.456 e. The first-order valence-electron chi connectivity index (χ1n) is 7.10. The normalized spacial score (nSPS) is 10.1. The summed E-state index contributed by atoms with van der Waals surface area (Å²) in [5, 5.41) is 0. The Morgan fingerprint density at radius 3 is 2.20 bits per heavy atom. The van der Waals surface area contributed by atoms with Crippen molar-refractivity contribution in [3.05, 3.63) is 11.6 Å². The highest BCUT2D eigenvalue weighted by Crippen LogP contribution is 2.08. The average molecular weight is 276 g/mol. The molecule has 0 unspecified atom stereocenters. The van der Waals surface area contributed by atoms with Gasteiger partial charge in [-0.15, -0.1) is 12.3 Å². The van der Waals surface area contributed by atoms with Crippen molar-refractivity contribution in [1.82, 2.24) is 0 Å². The molecular weight excluding hydrogens is 248 g/mol. The van der Waals surface area contributed by atoms with E-state index in [1.807, 2.05) is 6.92 Å². The number of esters is 1. The van der Waals surface area contributed by atoms with E-state index in [0.29, 0.717) is 18.4 Å². The van der Waals surface area contributed by atoms with Crippen LogP contribution in [0.1, 0.15) is 54.4 Å². The van der Waals surface area contributed by atoms with Gasteiger partial charge in [0, 0.05) is 12.3 Å². The molecule has 0 amide bonds. The lowest BCUT2D eigenvalue weighted by Gasteiger charge is -2.01. The van der Waals surface area contributed by atoms with Gasteiger partial charge >= 0.3 is 5.97 Å². The van der Waals surface area contributed by atoms with Crippen LogP contribution in [0.25, 0.3) is 0 Å². The van der Waals surface area contributed by atoms with E-state index in [2.05, 4.69) is 50.2 Å². The van der Waals surface area contributed by atoms with Gasteiger partial charge in [0.05, 0.1) is 6.61 Å². The van der Waals surface area contributed by atoms with Crippen LogP contribution in [-0.4, -0.2) is 12.6 Å². The lowest BCUT2D eigenvalue weighted by Crippen LogP contribution is -1.99. The van der Waals surface area contributed by atoms with Crippen LogP contribution >= 0.6 is 0 Å². The van der Waals surface area contributed by atoms with E-state index in [9.17, 15) is 4.79 Å². The first-order chi connectivity index (χ1) is 9.33. The van der Waals surface area contributed by atoms with E-state index in [0.717, 1.165) is 12.8 Å². The van der Waals surface area contributed by atoms with Crippen LogP contribution in [0.2, 0.25) is 0 Å². The van der Waals surface area contributed by atoms with E-state index < -0.39 is 5.97 Å². The molecule has 0 atom stereocenters. The van der Waals surface area contributed by atoms with Gasteiger partial charge in [0.1, 0.15) is 0 Å². The zero-order chi connectivity index (χ0) is 16.0. The summed E-state index contributed by atoms with van der Waals surface area (Å²) in [6.07, 6.45) is 8.67. The molecule has 0 radical (unpaired) electrons. The Morgan fingerprint density at radius 1 is 1.25 bits per heavy atom. The summed E-state index contributed by atoms with van der Waals surface area (Å²) >= 11 is 0. The van der Waals surface area contributed by atoms with Crippen molar-refractivity contribution in [2.75, 3.05) is 6.61 Å². The summed E-state index contributed by atoms with van der Waals surface area (Å²) in [6, 6.07) is 0.